The van der Waals surface area contributed by atoms with Crippen molar-refractivity contribution in [1.82, 2.24) is 19.8 Å². The van der Waals surface area contributed by atoms with Gasteiger partial charge in [-0.3, -0.25) is 9.80 Å². The summed E-state index contributed by atoms with van der Waals surface area (Å²) in [6.07, 6.45) is 8.19. The molecule has 2 aliphatic rings. The SMILES string of the molecule is CN(Cc1cccc(OCCN2CCCCC2)c1)C[C@@]1(O)CCN(c2ncccn2)C1. The van der Waals surface area contributed by atoms with E-state index in [4.69, 9.17) is 4.74 Å². The number of nitrogens with zero attached hydrogens (tertiary/aromatic N) is 5. The van der Waals surface area contributed by atoms with Crippen LogP contribution in [0.25, 0.3) is 0 Å². The highest BCUT2D eigenvalue weighted by molar-refractivity contribution is 5.32. The molecule has 1 aromatic heterocycles. The van der Waals surface area contributed by atoms with Crippen LogP contribution in [0.2, 0.25) is 0 Å². The molecule has 4 rings (SSSR count). The van der Waals surface area contributed by atoms with E-state index in [-0.39, 0.29) is 0 Å². The lowest BCUT2D eigenvalue weighted by atomic mass is 10.0. The van der Waals surface area contributed by atoms with Crippen molar-refractivity contribution in [3.05, 3.63) is 48.3 Å². The average Bonchev–Trinajstić information content (AvgIpc) is 3.17. The third-order valence-corrected chi connectivity index (χ3v) is 6.21. The highest BCUT2D eigenvalue weighted by Gasteiger charge is 2.37. The van der Waals surface area contributed by atoms with Gasteiger partial charge in [0.1, 0.15) is 12.4 Å². The van der Waals surface area contributed by atoms with Gasteiger partial charge in [0.2, 0.25) is 5.95 Å². The highest BCUT2D eigenvalue weighted by Crippen LogP contribution is 2.25. The van der Waals surface area contributed by atoms with Crippen LogP contribution in [0.1, 0.15) is 31.2 Å². The molecule has 1 aromatic carbocycles. The van der Waals surface area contributed by atoms with Crippen molar-refractivity contribution in [2.24, 2.45) is 0 Å². The van der Waals surface area contributed by atoms with E-state index in [9.17, 15) is 5.11 Å². The monoisotopic (exact) mass is 425 g/mol. The van der Waals surface area contributed by atoms with E-state index < -0.39 is 5.60 Å². The summed E-state index contributed by atoms with van der Waals surface area (Å²) in [6.45, 7) is 6.84. The fourth-order valence-corrected chi connectivity index (χ4v) is 4.69. The van der Waals surface area contributed by atoms with Gasteiger partial charge >= 0.3 is 0 Å². The summed E-state index contributed by atoms with van der Waals surface area (Å²) < 4.78 is 6.02. The number of rotatable bonds is 9. The minimum atomic E-state index is -0.753. The molecule has 168 valence electrons. The van der Waals surface area contributed by atoms with E-state index in [1.54, 1.807) is 12.4 Å². The van der Waals surface area contributed by atoms with E-state index in [0.29, 0.717) is 19.0 Å². The normalized spacial score (nSPS) is 22.2. The lowest BCUT2D eigenvalue weighted by Crippen LogP contribution is -2.43. The summed E-state index contributed by atoms with van der Waals surface area (Å²) >= 11 is 0. The molecule has 0 amide bonds. The Morgan fingerprint density at radius 3 is 2.71 bits per heavy atom. The number of aromatic nitrogens is 2. The fourth-order valence-electron chi connectivity index (χ4n) is 4.69. The van der Waals surface area contributed by atoms with Crippen molar-refractivity contribution in [2.45, 2.75) is 37.8 Å². The molecular weight excluding hydrogens is 390 g/mol. The zero-order valence-electron chi connectivity index (χ0n) is 18.6. The molecule has 2 aromatic rings. The lowest BCUT2D eigenvalue weighted by molar-refractivity contribution is 0.0279. The Kier molecular flexibility index (Phi) is 7.37. The number of piperidine rings is 1. The quantitative estimate of drug-likeness (QED) is 0.662. The number of likely N-dealkylation sites (N-methyl/N-ethyl adjacent to an activating group) is 1. The minimum Gasteiger partial charge on any atom is -0.492 e. The topological polar surface area (TPSA) is 65.0 Å². The van der Waals surface area contributed by atoms with Gasteiger partial charge in [0, 0.05) is 38.6 Å². The van der Waals surface area contributed by atoms with Crippen LogP contribution in [0.3, 0.4) is 0 Å². The summed E-state index contributed by atoms with van der Waals surface area (Å²) in [7, 11) is 2.06. The van der Waals surface area contributed by atoms with Crippen LogP contribution < -0.4 is 9.64 Å². The van der Waals surface area contributed by atoms with Crippen molar-refractivity contribution in [3.8, 4) is 5.75 Å². The van der Waals surface area contributed by atoms with E-state index in [0.717, 1.165) is 38.4 Å². The maximum atomic E-state index is 11.1. The van der Waals surface area contributed by atoms with Crippen molar-refractivity contribution < 1.29 is 9.84 Å². The highest BCUT2D eigenvalue weighted by atomic mass is 16.5. The summed E-state index contributed by atoms with van der Waals surface area (Å²) in [5, 5.41) is 11.1. The molecule has 0 unspecified atom stereocenters. The van der Waals surface area contributed by atoms with E-state index >= 15 is 0 Å². The molecule has 1 atom stereocenters. The molecule has 0 saturated carbocycles. The first-order chi connectivity index (χ1) is 15.1. The zero-order valence-corrected chi connectivity index (χ0v) is 18.6. The molecule has 2 saturated heterocycles. The Balaban J connectivity index is 1.24. The molecular formula is C24H35N5O2. The average molecular weight is 426 g/mol. The maximum absolute atomic E-state index is 11.1. The zero-order chi connectivity index (χ0) is 21.5. The van der Waals surface area contributed by atoms with Crippen LogP contribution in [0.15, 0.2) is 42.7 Å². The second-order valence-corrected chi connectivity index (χ2v) is 9.02. The predicted molar refractivity (Wildman–Crippen MR) is 122 cm³/mol. The summed E-state index contributed by atoms with van der Waals surface area (Å²) in [6, 6.07) is 10.1. The van der Waals surface area contributed by atoms with Gasteiger partial charge < -0.3 is 14.7 Å². The van der Waals surface area contributed by atoms with E-state index in [1.807, 2.05) is 12.1 Å². The van der Waals surface area contributed by atoms with Gasteiger partial charge in [-0.15, -0.1) is 0 Å². The molecule has 2 fully saturated rings. The number of likely N-dealkylation sites (tertiary alicyclic amines) is 1. The molecule has 0 radical (unpaired) electrons. The van der Waals surface area contributed by atoms with Gasteiger partial charge in [0.05, 0.1) is 12.1 Å². The number of benzene rings is 1. The van der Waals surface area contributed by atoms with Gasteiger partial charge in [0.15, 0.2) is 0 Å². The second-order valence-electron chi connectivity index (χ2n) is 9.02. The standard InChI is InChI=1S/C24H35N5O2/c1-27(19-24(30)9-14-29(20-24)23-25-10-6-11-26-23)18-21-7-5-8-22(17-21)31-16-15-28-12-3-2-4-13-28/h5-8,10-11,17,30H,2-4,9,12-16,18-20H2,1H3/t24-/m0/s1. The van der Waals surface area contributed by atoms with E-state index in [1.165, 1.54) is 37.9 Å². The first-order valence-electron chi connectivity index (χ1n) is 11.5. The first-order valence-corrected chi connectivity index (χ1v) is 11.5. The second kappa shape index (κ2) is 10.4. The first kappa shape index (κ1) is 22.0. The molecule has 3 heterocycles. The molecule has 0 aliphatic carbocycles. The number of β-amino-alcohol motifs (C(OH)–C–C–N with tert-alkyl or cyclic N) is 1. The van der Waals surface area contributed by atoms with Gasteiger partial charge in [-0.05, 0) is 63.2 Å². The number of hydrogen-bond donors (Lipinski definition) is 1. The van der Waals surface area contributed by atoms with Crippen molar-refractivity contribution in [2.75, 3.05) is 57.8 Å². The Hall–Kier alpha value is -2.22. The largest absolute Gasteiger partial charge is 0.492 e. The van der Waals surface area contributed by atoms with Crippen LogP contribution in [0, 0.1) is 0 Å². The molecule has 0 bridgehead atoms. The molecule has 31 heavy (non-hydrogen) atoms. The third-order valence-electron chi connectivity index (χ3n) is 6.21. The van der Waals surface area contributed by atoms with Crippen LogP contribution in [-0.4, -0.2) is 83.4 Å². The van der Waals surface area contributed by atoms with Gasteiger partial charge in [-0.1, -0.05) is 18.6 Å². The van der Waals surface area contributed by atoms with Crippen LogP contribution in [0.4, 0.5) is 5.95 Å². The van der Waals surface area contributed by atoms with Crippen molar-refractivity contribution in [1.29, 1.82) is 0 Å². The third kappa shape index (κ3) is 6.38. The Labute approximate surface area is 185 Å². The van der Waals surface area contributed by atoms with Crippen molar-refractivity contribution in [3.63, 3.8) is 0 Å². The van der Waals surface area contributed by atoms with Gasteiger partial charge in [0.25, 0.3) is 0 Å². The maximum Gasteiger partial charge on any atom is 0.225 e. The van der Waals surface area contributed by atoms with Crippen LogP contribution in [-0.2, 0) is 6.54 Å². The Bertz CT molecular complexity index is 815. The Morgan fingerprint density at radius 2 is 1.90 bits per heavy atom. The predicted octanol–water partition coefficient (Wildman–Crippen LogP) is 2.41. The number of hydrogen-bond acceptors (Lipinski definition) is 7. The molecule has 7 heteroatoms. The molecule has 1 N–H and O–H groups in total. The number of anilines is 1. The summed E-state index contributed by atoms with van der Waals surface area (Å²) in [5.74, 6) is 1.62. The van der Waals surface area contributed by atoms with Crippen molar-refractivity contribution >= 4 is 5.95 Å². The lowest BCUT2D eigenvalue weighted by Gasteiger charge is -2.29. The van der Waals surface area contributed by atoms with Gasteiger partial charge in [-0.2, -0.15) is 0 Å². The fraction of sp³-hybridized carbons (Fsp3) is 0.583. The summed E-state index contributed by atoms with van der Waals surface area (Å²) in [5.41, 5.74) is 0.444. The summed E-state index contributed by atoms with van der Waals surface area (Å²) in [4.78, 5) is 15.4. The van der Waals surface area contributed by atoms with Crippen LogP contribution >= 0.6 is 0 Å². The minimum absolute atomic E-state index is 0.557. The molecule has 2 aliphatic heterocycles. The van der Waals surface area contributed by atoms with Crippen LogP contribution in [0.5, 0.6) is 5.75 Å². The smallest absolute Gasteiger partial charge is 0.225 e. The number of aliphatic hydroxyl groups is 1. The number of ether oxygens (including phenoxy) is 1. The molecule has 0 spiro atoms. The molecule has 7 nitrogen and oxygen atoms in total. The van der Waals surface area contributed by atoms with E-state index in [2.05, 4.69) is 49.9 Å². The van der Waals surface area contributed by atoms with Gasteiger partial charge in [-0.25, -0.2) is 9.97 Å². The Morgan fingerprint density at radius 1 is 1.10 bits per heavy atom.